The summed E-state index contributed by atoms with van der Waals surface area (Å²) in [5, 5.41) is 10.1. The van der Waals surface area contributed by atoms with Crippen LogP contribution in [0.5, 0.6) is 0 Å². The van der Waals surface area contributed by atoms with Gasteiger partial charge in [0.05, 0.1) is 17.9 Å². The first-order chi connectivity index (χ1) is 11.4. The number of aryl methyl sites for hydroxylation is 2. The van der Waals surface area contributed by atoms with Gasteiger partial charge < -0.3 is 15.0 Å². The summed E-state index contributed by atoms with van der Waals surface area (Å²) < 4.78 is 3.66. The highest BCUT2D eigenvalue weighted by Gasteiger charge is 2.19. The third-order valence-electron chi connectivity index (χ3n) is 3.88. The Balaban J connectivity index is 1.72. The first-order valence-electron chi connectivity index (χ1n) is 7.94. The SMILES string of the molecule is Cc1cn2ccc(NC(=O)NC(c3cnn(C)c3)C(C)C)cc2n1. The molecule has 0 radical (unpaired) electrons. The van der Waals surface area contributed by atoms with Crippen molar-refractivity contribution in [3.63, 3.8) is 0 Å². The fraction of sp³-hybridized carbons (Fsp3) is 0.353. The minimum atomic E-state index is -0.245. The molecule has 0 spiro atoms. The fourth-order valence-electron chi connectivity index (χ4n) is 2.73. The lowest BCUT2D eigenvalue weighted by atomic mass is 9.99. The molecule has 3 rings (SSSR count). The average molecular weight is 326 g/mol. The number of fused-ring (bicyclic) bond motifs is 1. The molecule has 7 heteroatoms. The van der Waals surface area contributed by atoms with Crippen molar-refractivity contribution >= 4 is 17.4 Å². The molecule has 2 N–H and O–H groups in total. The number of nitrogens with one attached hydrogen (secondary N) is 2. The van der Waals surface area contributed by atoms with Gasteiger partial charge in [-0.15, -0.1) is 0 Å². The Morgan fingerprint density at radius 1 is 1.29 bits per heavy atom. The second-order valence-corrected chi connectivity index (χ2v) is 6.33. The van der Waals surface area contributed by atoms with Gasteiger partial charge in [0, 0.05) is 43.0 Å². The third-order valence-corrected chi connectivity index (χ3v) is 3.88. The highest BCUT2D eigenvalue weighted by molar-refractivity contribution is 5.90. The summed E-state index contributed by atoms with van der Waals surface area (Å²) in [6, 6.07) is 3.35. The Hall–Kier alpha value is -2.83. The lowest BCUT2D eigenvalue weighted by Crippen LogP contribution is -2.35. The van der Waals surface area contributed by atoms with Gasteiger partial charge in [0.25, 0.3) is 0 Å². The van der Waals surface area contributed by atoms with Crippen molar-refractivity contribution in [1.82, 2.24) is 24.5 Å². The number of hydrogen-bond acceptors (Lipinski definition) is 3. The van der Waals surface area contributed by atoms with Crippen molar-refractivity contribution in [3.05, 3.63) is 48.2 Å². The van der Waals surface area contributed by atoms with E-state index in [1.54, 1.807) is 10.9 Å². The maximum Gasteiger partial charge on any atom is 0.319 e. The molecule has 0 saturated heterocycles. The van der Waals surface area contributed by atoms with Crippen LogP contribution in [0.25, 0.3) is 5.65 Å². The standard InChI is InChI=1S/C17H22N6O/c1-11(2)16(13-8-18-22(4)10-13)21-17(24)20-14-5-6-23-9-12(3)19-15(23)7-14/h5-11,16H,1-4H3,(H2,20,21,24). The normalized spacial score (nSPS) is 12.5. The van der Waals surface area contributed by atoms with Crippen LogP contribution in [0.3, 0.4) is 0 Å². The van der Waals surface area contributed by atoms with Crippen LogP contribution in [-0.2, 0) is 7.05 Å². The minimum Gasteiger partial charge on any atom is -0.331 e. The van der Waals surface area contributed by atoms with E-state index in [0.717, 1.165) is 16.9 Å². The van der Waals surface area contributed by atoms with Crippen LogP contribution < -0.4 is 10.6 Å². The first kappa shape index (κ1) is 16.0. The topological polar surface area (TPSA) is 76.2 Å². The summed E-state index contributed by atoms with van der Waals surface area (Å²) in [5.41, 5.74) is 3.44. The van der Waals surface area contributed by atoms with Crippen molar-refractivity contribution in [2.45, 2.75) is 26.8 Å². The van der Waals surface area contributed by atoms with Gasteiger partial charge in [-0.25, -0.2) is 9.78 Å². The van der Waals surface area contributed by atoms with Crippen molar-refractivity contribution in [2.24, 2.45) is 13.0 Å². The molecule has 3 heterocycles. The number of carbonyl (C=O) groups excluding carboxylic acids is 1. The number of nitrogens with zero attached hydrogens (tertiary/aromatic N) is 4. The average Bonchev–Trinajstić information content (AvgIpc) is 3.08. The molecule has 126 valence electrons. The number of carbonyl (C=O) groups is 1. The van der Waals surface area contributed by atoms with Crippen LogP contribution in [0, 0.1) is 12.8 Å². The number of imidazole rings is 1. The fourth-order valence-corrected chi connectivity index (χ4v) is 2.73. The predicted octanol–water partition coefficient (Wildman–Crippen LogP) is 2.90. The van der Waals surface area contributed by atoms with Crippen molar-refractivity contribution in [1.29, 1.82) is 0 Å². The van der Waals surface area contributed by atoms with Crippen LogP contribution in [0.4, 0.5) is 10.5 Å². The number of anilines is 1. The number of hydrogen-bond donors (Lipinski definition) is 2. The zero-order valence-electron chi connectivity index (χ0n) is 14.3. The molecule has 24 heavy (non-hydrogen) atoms. The summed E-state index contributed by atoms with van der Waals surface area (Å²) in [5.74, 6) is 0.248. The van der Waals surface area contributed by atoms with E-state index in [-0.39, 0.29) is 18.0 Å². The lowest BCUT2D eigenvalue weighted by molar-refractivity contribution is 0.244. The van der Waals surface area contributed by atoms with Gasteiger partial charge >= 0.3 is 6.03 Å². The zero-order chi connectivity index (χ0) is 17.3. The second-order valence-electron chi connectivity index (χ2n) is 6.33. The van der Waals surface area contributed by atoms with Crippen molar-refractivity contribution in [3.8, 4) is 0 Å². The number of amides is 2. The molecule has 0 fully saturated rings. The molecule has 0 saturated carbocycles. The van der Waals surface area contributed by atoms with E-state index < -0.39 is 0 Å². The molecule has 0 aromatic carbocycles. The third kappa shape index (κ3) is 3.40. The van der Waals surface area contributed by atoms with Gasteiger partial charge in [0.1, 0.15) is 5.65 Å². The molecule has 0 aliphatic carbocycles. The number of aromatic nitrogens is 4. The summed E-state index contributed by atoms with van der Waals surface area (Å²) >= 11 is 0. The molecular weight excluding hydrogens is 304 g/mol. The molecule has 0 bridgehead atoms. The van der Waals surface area contributed by atoms with Gasteiger partial charge in [-0.05, 0) is 18.9 Å². The van der Waals surface area contributed by atoms with E-state index in [1.165, 1.54) is 0 Å². The Morgan fingerprint density at radius 2 is 2.08 bits per heavy atom. The predicted molar refractivity (Wildman–Crippen MR) is 92.9 cm³/mol. The Labute approximate surface area is 140 Å². The van der Waals surface area contributed by atoms with E-state index in [9.17, 15) is 4.79 Å². The van der Waals surface area contributed by atoms with Crippen LogP contribution in [-0.4, -0.2) is 25.2 Å². The monoisotopic (exact) mass is 326 g/mol. The number of urea groups is 1. The van der Waals surface area contributed by atoms with Gasteiger partial charge in [-0.1, -0.05) is 13.8 Å². The molecule has 3 aromatic heterocycles. The summed E-state index contributed by atoms with van der Waals surface area (Å²) in [6.07, 6.45) is 7.52. The smallest absolute Gasteiger partial charge is 0.319 e. The highest BCUT2D eigenvalue weighted by atomic mass is 16.2. The minimum absolute atomic E-state index is 0.101. The quantitative estimate of drug-likeness (QED) is 0.774. The summed E-state index contributed by atoms with van der Waals surface area (Å²) in [7, 11) is 1.86. The Kier molecular flexibility index (Phi) is 4.24. The van der Waals surface area contributed by atoms with E-state index in [2.05, 4.69) is 34.6 Å². The molecular formula is C17H22N6O. The molecule has 7 nitrogen and oxygen atoms in total. The number of rotatable bonds is 4. The van der Waals surface area contributed by atoms with E-state index in [1.807, 2.05) is 49.1 Å². The highest BCUT2D eigenvalue weighted by Crippen LogP contribution is 2.21. The number of pyridine rings is 1. The van der Waals surface area contributed by atoms with Crippen molar-refractivity contribution < 1.29 is 4.79 Å². The second kappa shape index (κ2) is 6.35. The molecule has 0 aliphatic heterocycles. The van der Waals surface area contributed by atoms with Gasteiger partial charge in [0.15, 0.2) is 0 Å². The van der Waals surface area contributed by atoms with Gasteiger partial charge in [-0.2, -0.15) is 5.10 Å². The molecule has 3 aromatic rings. The van der Waals surface area contributed by atoms with Crippen LogP contribution in [0.1, 0.15) is 31.1 Å². The molecule has 1 atom stereocenters. The molecule has 2 amide bonds. The van der Waals surface area contributed by atoms with Crippen LogP contribution in [0.2, 0.25) is 0 Å². The Morgan fingerprint density at radius 3 is 2.75 bits per heavy atom. The lowest BCUT2D eigenvalue weighted by Gasteiger charge is -2.21. The van der Waals surface area contributed by atoms with Gasteiger partial charge in [0.2, 0.25) is 0 Å². The van der Waals surface area contributed by atoms with E-state index in [4.69, 9.17) is 0 Å². The van der Waals surface area contributed by atoms with E-state index in [0.29, 0.717) is 5.69 Å². The summed E-state index contributed by atoms with van der Waals surface area (Å²) in [4.78, 5) is 16.8. The first-order valence-corrected chi connectivity index (χ1v) is 7.94. The maximum atomic E-state index is 12.4. The van der Waals surface area contributed by atoms with Crippen LogP contribution >= 0.6 is 0 Å². The van der Waals surface area contributed by atoms with Crippen molar-refractivity contribution in [2.75, 3.05) is 5.32 Å². The zero-order valence-corrected chi connectivity index (χ0v) is 14.3. The van der Waals surface area contributed by atoms with E-state index >= 15 is 0 Å². The van der Waals surface area contributed by atoms with Crippen LogP contribution in [0.15, 0.2) is 36.9 Å². The largest absolute Gasteiger partial charge is 0.331 e. The molecule has 0 aliphatic rings. The maximum absolute atomic E-state index is 12.4. The summed E-state index contributed by atoms with van der Waals surface area (Å²) in [6.45, 7) is 6.07. The van der Waals surface area contributed by atoms with Gasteiger partial charge in [-0.3, -0.25) is 4.68 Å². The Bertz CT molecular complexity index is 863. The molecule has 1 unspecified atom stereocenters.